The second-order valence-corrected chi connectivity index (χ2v) is 6.16. The molecule has 22 heavy (non-hydrogen) atoms. The first-order valence-electron chi connectivity index (χ1n) is 8.00. The van der Waals surface area contributed by atoms with Gasteiger partial charge in [-0.2, -0.15) is 5.10 Å². The molecule has 0 saturated heterocycles. The maximum atomic E-state index is 12.5. The topological polar surface area (TPSA) is 96.7 Å². The number of aromatic nitrogens is 3. The molecule has 0 bridgehead atoms. The lowest BCUT2D eigenvalue weighted by atomic mass is 9.84. The summed E-state index contributed by atoms with van der Waals surface area (Å²) in [5.41, 5.74) is 8.00. The van der Waals surface area contributed by atoms with E-state index >= 15 is 0 Å². The summed E-state index contributed by atoms with van der Waals surface area (Å²) in [5, 5.41) is 10.9. The first kappa shape index (κ1) is 15.0. The molecule has 1 aliphatic carbocycles. The van der Waals surface area contributed by atoms with Gasteiger partial charge in [0.2, 0.25) is 0 Å². The van der Waals surface area contributed by atoms with E-state index < -0.39 is 0 Å². The lowest BCUT2D eigenvalue weighted by Gasteiger charge is -2.30. The van der Waals surface area contributed by atoms with Gasteiger partial charge in [-0.05, 0) is 31.7 Å². The Hall–Kier alpha value is -1.95. The highest BCUT2D eigenvalue weighted by Crippen LogP contribution is 2.26. The monoisotopic (exact) mass is 301 g/mol. The first-order chi connectivity index (χ1) is 10.7. The quantitative estimate of drug-likeness (QED) is 0.803. The third kappa shape index (κ3) is 2.97. The van der Waals surface area contributed by atoms with Crippen LogP contribution >= 0.6 is 0 Å². The number of nitrogens with zero attached hydrogens (tertiary/aromatic N) is 2. The fourth-order valence-corrected chi connectivity index (χ4v) is 3.30. The smallest absolute Gasteiger partial charge is 0.253 e. The van der Waals surface area contributed by atoms with Crippen LogP contribution in [0.15, 0.2) is 12.3 Å². The van der Waals surface area contributed by atoms with Gasteiger partial charge in [0.15, 0.2) is 5.65 Å². The maximum absolute atomic E-state index is 12.5. The highest BCUT2D eigenvalue weighted by molar-refractivity contribution is 5.97. The molecule has 2 aromatic rings. The van der Waals surface area contributed by atoms with E-state index in [1.807, 2.05) is 13.0 Å². The summed E-state index contributed by atoms with van der Waals surface area (Å²) in [5.74, 6) is 0.395. The molecule has 0 spiro atoms. The third-order valence-corrected chi connectivity index (χ3v) is 4.65. The number of hydrogen-bond acceptors (Lipinski definition) is 4. The molecule has 0 aliphatic heterocycles. The zero-order valence-corrected chi connectivity index (χ0v) is 12.9. The summed E-state index contributed by atoms with van der Waals surface area (Å²) < 4.78 is 0. The Balaban J connectivity index is 1.74. The number of carbonyl (C=O) groups is 1. The summed E-state index contributed by atoms with van der Waals surface area (Å²) in [6.45, 7) is 2.40. The zero-order chi connectivity index (χ0) is 15.5. The van der Waals surface area contributed by atoms with Gasteiger partial charge in [-0.25, -0.2) is 4.98 Å². The van der Waals surface area contributed by atoms with E-state index in [0.29, 0.717) is 23.7 Å². The van der Waals surface area contributed by atoms with E-state index in [1.165, 1.54) is 19.3 Å². The molecular weight excluding hydrogens is 278 g/mol. The minimum absolute atomic E-state index is 0.0499. The average Bonchev–Trinajstić information content (AvgIpc) is 2.94. The number of fused-ring (bicyclic) bond motifs is 1. The Morgan fingerprint density at radius 1 is 1.45 bits per heavy atom. The molecule has 1 atom stereocenters. The van der Waals surface area contributed by atoms with Gasteiger partial charge in [-0.15, -0.1) is 0 Å². The highest BCUT2D eigenvalue weighted by Gasteiger charge is 2.24. The van der Waals surface area contributed by atoms with Crippen molar-refractivity contribution in [2.45, 2.75) is 45.1 Å². The molecule has 118 valence electrons. The van der Waals surface area contributed by atoms with Crippen molar-refractivity contribution in [3.63, 3.8) is 0 Å². The van der Waals surface area contributed by atoms with Gasteiger partial charge >= 0.3 is 0 Å². The van der Waals surface area contributed by atoms with Crippen LogP contribution in [-0.4, -0.2) is 33.7 Å². The minimum Gasteiger partial charge on any atom is -0.348 e. The summed E-state index contributed by atoms with van der Waals surface area (Å²) in [6.07, 6.45) is 7.65. The van der Waals surface area contributed by atoms with Crippen molar-refractivity contribution in [3.05, 3.63) is 23.5 Å². The van der Waals surface area contributed by atoms with Crippen LogP contribution in [0.3, 0.4) is 0 Å². The molecule has 2 aromatic heterocycles. The number of amides is 1. The molecule has 4 N–H and O–H groups in total. The van der Waals surface area contributed by atoms with Crippen molar-refractivity contribution in [2.24, 2.45) is 11.7 Å². The number of hydrogen-bond donors (Lipinski definition) is 3. The fraction of sp³-hybridized carbons (Fsp3) is 0.562. The predicted octanol–water partition coefficient (Wildman–Crippen LogP) is 1.90. The SMILES string of the molecule is Cc1[nH]nc2ncc(C(=O)NC(CN)C3CCCCC3)cc12. The molecule has 1 unspecified atom stereocenters. The number of nitrogens with two attached hydrogens (primary N) is 1. The van der Waals surface area contributed by atoms with Crippen LogP contribution < -0.4 is 11.1 Å². The Morgan fingerprint density at radius 3 is 2.95 bits per heavy atom. The van der Waals surface area contributed by atoms with E-state index in [1.54, 1.807) is 6.20 Å². The molecule has 1 aliphatic rings. The molecule has 2 heterocycles. The number of rotatable bonds is 4. The van der Waals surface area contributed by atoms with Crippen LogP contribution in [0, 0.1) is 12.8 Å². The van der Waals surface area contributed by atoms with E-state index in [9.17, 15) is 4.79 Å². The number of pyridine rings is 1. The molecule has 6 heteroatoms. The maximum Gasteiger partial charge on any atom is 0.253 e. The Morgan fingerprint density at radius 2 is 2.23 bits per heavy atom. The standard InChI is InChI=1S/C16H23N5O/c1-10-13-7-12(9-18-15(13)21-20-10)16(22)19-14(8-17)11-5-3-2-4-6-11/h7,9,11,14H,2-6,8,17H2,1H3,(H,19,22)(H,18,20,21). The predicted molar refractivity (Wildman–Crippen MR) is 85.5 cm³/mol. The molecule has 0 aromatic carbocycles. The average molecular weight is 301 g/mol. The second kappa shape index (κ2) is 6.44. The van der Waals surface area contributed by atoms with Crippen LogP contribution in [0.1, 0.15) is 48.2 Å². The van der Waals surface area contributed by atoms with Gasteiger partial charge in [0.1, 0.15) is 0 Å². The molecule has 1 saturated carbocycles. The van der Waals surface area contributed by atoms with Gasteiger partial charge in [-0.3, -0.25) is 9.89 Å². The Labute approximate surface area is 129 Å². The van der Waals surface area contributed by atoms with Crippen molar-refractivity contribution in [1.82, 2.24) is 20.5 Å². The zero-order valence-electron chi connectivity index (χ0n) is 12.9. The van der Waals surface area contributed by atoms with Crippen LogP contribution in [0.4, 0.5) is 0 Å². The first-order valence-corrected chi connectivity index (χ1v) is 8.00. The van der Waals surface area contributed by atoms with E-state index in [2.05, 4.69) is 20.5 Å². The Bertz CT molecular complexity index is 660. The van der Waals surface area contributed by atoms with E-state index in [-0.39, 0.29) is 11.9 Å². The molecule has 1 fully saturated rings. The van der Waals surface area contributed by atoms with Crippen LogP contribution in [-0.2, 0) is 0 Å². The Kier molecular flexibility index (Phi) is 4.38. The van der Waals surface area contributed by atoms with Gasteiger partial charge in [-0.1, -0.05) is 19.3 Å². The van der Waals surface area contributed by atoms with Gasteiger partial charge in [0, 0.05) is 29.9 Å². The van der Waals surface area contributed by atoms with Crippen molar-refractivity contribution < 1.29 is 4.79 Å². The molecule has 0 radical (unpaired) electrons. The molecular formula is C16H23N5O. The van der Waals surface area contributed by atoms with Crippen LogP contribution in [0.25, 0.3) is 11.0 Å². The number of nitrogens with one attached hydrogen (secondary N) is 2. The van der Waals surface area contributed by atoms with Crippen molar-refractivity contribution in [1.29, 1.82) is 0 Å². The summed E-state index contributed by atoms with van der Waals surface area (Å²) in [6, 6.07) is 1.89. The lowest BCUT2D eigenvalue weighted by molar-refractivity contribution is 0.0915. The van der Waals surface area contributed by atoms with Crippen molar-refractivity contribution in [2.75, 3.05) is 6.54 Å². The number of aromatic amines is 1. The molecule has 6 nitrogen and oxygen atoms in total. The van der Waals surface area contributed by atoms with Crippen molar-refractivity contribution in [3.8, 4) is 0 Å². The number of H-pyrrole nitrogens is 1. The van der Waals surface area contributed by atoms with E-state index in [0.717, 1.165) is 23.9 Å². The summed E-state index contributed by atoms with van der Waals surface area (Å²) in [7, 11) is 0. The third-order valence-electron chi connectivity index (χ3n) is 4.65. The highest BCUT2D eigenvalue weighted by atomic mass is 16.1. The van der Waals surface area contributed by atoms with Gasteiger partial charge in [0.05, 0.1) is 5.56 Å². The van der Waals surface area contributed by atoms with Crippen LogP contribution in [0.2, 0.25) is 0 Å². The number of carbonyl (C=O) groups excluding carboxylic acids is 1. The lowest BCUT2D eigenvalue weighted by Crippen LogP contribution is -2.45. The molecule has 1 amide bonds. The summed E-state index contributed by atoms with van der Waals surface area (Å²) in [4.78, 5) is 16.7. The molecule has 3 rings (SSSR count). The second-order valence-electron chi connectivity index (χ2n) is 6.16. The normalized spacial score (nSPS) is 17.5. The summed E-state index contributed by atoms with van der Waals surface area (Å²) >= 11 is 0. The number of aryl methyl sites for hydroxylation is 1. The van der Waals surface area contributed by atoms with Gasteiger partial charge in [0.25, 0.3) is 5.91 Å². The largest absolute Gasteiger partial charge is 0.348 e. The van der Waals surface area contributed by atoms with Gasteiger partial charge < -0.3 is 11.1 Å². The fourth-order valence-electron chi connectivity index (χ4n) is 3.30. The van der Waals surface area contributed by atoms with Crippen LogP contribution in [0.5, 0.6) is 0 Å². The minimum atomic E-state index is -0.101. The van der Waals surface area contributed by atoms with E-state index in [4.69, 9.17) is 5.73 Å². The van der Waals surface area contributed by atoms with Crippen molar-refractivity contribution >= 4 is 16.9 Å².